The molecule has 1 saturated carbocycles. The summed E-state index contributed by atoms with van der Waals surface area (Å²) >= 11 is 0. The summed E-state index contributed by atoms with van der Waals surface area (Å²) in [5.74, 6) is 0.565. The van der Waals surface area contributed by atoms with Crippen molar-refractivity contribution in [1.82, 2.24) is 0 Å². The number of hydrogen-bond acceptors (Lipinski definition) is 2. The number of rotatable bonds is 2. The van der Waals surface area contributed by atoms with Gasteiger partial charge in [0.25, 0.3) is 0 Å². The van der Waals surface area contributed by atoms with E-state index in [9.17, 15) is 9.50 Å². The van der Waals surface area contributed by atoms with Gasteiger partial charge in [-0.3, -0.25) is 0 Å². The number of halogens is 1. The van der Waals surface area contributed by atoms with Gasteiger partial charge in [-0.1, -0.05) is 12.5 Å². The molecule has 0 spiro atoms. The minimum Gasteiger partial charge on any atom is -0.389 e. The van der Waals surface area contributed by atoms with Gasteiger partial charge in [-0.2, -0.15) is 0 Å². The van der Waals surface area contributed by atoms with Crippen LogP contribution in [0.2, 0.25) is 0 Å². The third-order valence-corrected chi connectivity index (χ3v) is 4.76. The summed E-state index contributed by atoms with van der Waals surface area (Å²) in [6, 6.07) is 5.71. The number of anilines is 1. The number of nitrogens with zero attached hydrogens (tertiary/aromatic N) is 1. The van der Waals surface area contributed by atoms with Gasteiger partial charge in [-0.15, -0.1) is 0 Å². The Bertz CT molecular complexity index is 460. The highest BCUT2D eigenvalue weighted by Crippen LogP contribution is 2.40. The topological polar surface area (TPSA) is 23.5 Å². The quantitative estimate of drug-likeness (QED) is 0.880. The van der Waals surface area contributed by atoms with Gasteiger partial charge < -0.3 is 10.0 Å². The molecule has 3 heteroatoms. The minimum atomic E-state index is -0.607. The van der Waals surface area contributed by atoms with Crippen LogP contribution >= 0.6 is 0 Å². The molecule has 1 aliphatic carbocycles. The van der Waals surface area contributed by atoms with Crippen LogP contribution < -0.4 is 4.90 Å². The average Bonchev–Trinajstić information content (AvgIpc) is 2.86. The Hall–Kier alpha value is -1.09. The Labute approximate surface area is 114 Å². The van der Waals surface area contributed by atoms with Crippen molar-refractivity contribution in [2.45, 2.75) is 51.2 Å². The largest absolute Gasteiger partial charge is 0.389 e. The van der Waals surface area contributed by atoms with Gasteiger partial charge >= 0.3 is 0 Å². The second kappa shape index (κ2) is 5.12. The fourth-order valence-electron chi connectivity index (χ4n) is 3.77. The summed E-state index contributed by atoms with van der Waals surface area (Å²) in [7, 11) is 0. The Morgan fingerprint density at radius 2 is 2.05 bits per heavy atom. The number of aliphatic hydroxyl groups excluding tert-OH is 1. The lowest BCUT2D eigenvalue weighted by atomic mass is 9.91. The van der Waals surface area contributed by atoms with Crippen molar-refractivity contribution in [3.8, 4) is 0 Å². The van der Waals surface area contributed by atoms with Crippen molar-refractivity contribution in [2.24, 2.45) is 5.92 Å². The highest BCUT2D eigenvalue weighted by Gasteiger charge is 2.35. The van der Waals surface area contributed by atoms with Crippen LogP contribution in [0.15, 0.2) is 18.2 Å². The highest BCUT2D eigenvalue weighted by atomic mass is 19.1. The van der Waals surface area contributed by atoms with Gasteiger partial charge in [-0.05, 0) is 56.2 Å². The molecule has 1 aromatic carbocycles. The second-order valence-electron chi connectivity index (χ2n) is 5.98. The maximum atomic E-state index is 14.3. The number of piperidine rings is 1. The van der Waals surface area contributed by atoms with E-state index in [1.54, 1.807) is 6.92 Å². The van der Waals surface area contributed by atoms with Gasteiger partial charge in [0.05, 0.1) is 11.8 Å². The molecular weight excluding hydrogens is 241 g/mol. The molecule has 0 radical (unpaired) electrons. The first-order valence-corrected chi connectivity index (χ1v) is 7.41. The average molecular weight is 263 g/mol. The van der Waals surface area contributed by atoms with Gasteiger partial charge in [0.15, 0.2) is 0 Å². The maximum absolute atomic E-state index is 14.3. The van der Waals surface area contributed by atoms with Crippen LogP contribution in [0.5, 0.6) is 0 Å². The number of hydrogen-bond donors (Lipinski definition) is 1. The number of benzene rings is 1. The molecule has 0 aromatic heterocycles. The van der Waals surface area contributed by atoms with Crippen molar-refractivity contribution >= 4 is 5.69 Å². The molecule has 2 unspecified atom stereocenters. The summed E-state index contributed by atoms with van der Waals surface area (Å²) in [6.07, 6.45) is 5.63. The summed E-state index contributed by atoms with van der Waals surface area (Å²) < 4.78 is 14.3. The predicted molar refractivity (Wildman–Crippen MR) is 74.7 cm³/mol. The molecule has 0 amide bonds. The second-order valence-corrected chi connectivity index (χ2v) is 5.98. The molecular formula is C16H22FNO. The summed E-state index contributed by atoms with van der Waals surface area (Å²) in [5, 5.41) is 9.52. The first-order valence-electron chi connectivity index (χ1n) is 7.41. The van der Waals surface area contributed by atoms with E-state index in [0.29, 0.717) is 11.6 Å². The lowest BCUT2D eigenvalue weighted by molar-refractivity contribution is 0.199. The molecule has 2 fully saturated rings. The standard InChI is InChI=1S/C16H22FNO/c1-11(19)13-7-8-16(14(17)10-13)18-9-3-5-12-4-2-6-15(12)18/h7-8,10-12,15,19H,2-6,9H2,1H3/t11-,12?,15?/m0/s1. The zero-order valence-electron chi connectivity index (χ0n) is 11.5. The molecule has 2 aliphatic rings. The van der Waals surface area contributed by atoms with E-state index in [1.807, 2.05) is 12.1 Å². The lowest BCUT2D eigenvalue weighted by Crippen LogP contribution is -2.43. The van der Waals surface area contributed by atoms with E-state index in [0.717, 1.165) is 18.2 Å². The lowest BCUT2D eigenvalue weighted by Gasteiger charge is -2.39. The molecule has 3 atom stereocenters. The molecule has 19 heavy (non-hydrogen) atoms. The molecule has 3 rings (SSSR count). The number of aliphatic hydroxyl groups is 1. The molecule has 1 saturated heterocycles. The SMILES string of the molecule is C[C@H](O)c1ccc(N2CCCC3CCCC32)c(F)c1. The van der Waals surface area contributed by atoms with E-state index in [-0.39, 0.29) is 5.82 Å². The predicted octanol–water partition coefficient (Wildman–Crippen LogP) is 3.65. The zero-order valence-corrected chi connectivity index (χ0v) is 11.5. The molecule has 104 valence electrons. The van der Waals surface area contributed by atoms with Crippen LogP contribution in [0, 0.1) is 11.7 Å². The van der Waals surface area contributed by atoms with Crippen molar-refractivity contribution in [3.05, 3.63) is 29.6 Å². The van der Waals surface area contributed by atoms with Gasteiger partial charge in [0.1, 0.15) is 5.82 Å². The molecule has 0 bridgehead atoms. The number of fused-ring (bicyclic) bond motifs is 1. The smallest absolute Gasteiger partial charge is 0.146 e. The van der Waals surface area contributed by atoms with E-state index >= 15 is 0 Å². The van der Waals surface area contributed by atoms with Crippen LogP contribution in [0.1, 0.15) is 50.7 Å². The Kier molecular flexibility index (Phi) is 3.48. The first-order chi connectivity index (χ1) is 9.16. The van der Waals surface area contributed by atoms with Gasteiger partial charge in [0.2, 0.25) is 0 Å². The zero-order chi connectivity index (χ0) is 13.4. The van der Waals surface area contributed by atoms with Crippen LogP contribution in [0.25, 0.3) is 0 Å². The summed E-state index contributed by atoms with van der Waals surface area (Å²) in [4.78, 5) is 2.27. The van der Waals surface area contributed by atoms with Crippen LogP contribution in [0.3, 0.4) is 0 Å². The summed E-state index contributed by atoms with van der Waals surface area (Å²) in [5.41, 5.74) is 1.38. The van der Waals surface area contributed by atoms with Crippen LogP contribution in [-0.4, -0.2) is 17.7 Å². The van der Waals surface area contributed by atoms with Crippen molar-refractivity contribution in [2.75, 3.05) is 11.4 Å². The first kappa shape index (κ1) is 12.9. The molecule has 1 N–H and O–H groups in total. The summed E-state index contributed by atoms with van der Waals surface area (Å²) in [6.45, 7) is 2.63. The van der Waals surface area contributed by atoms with E-state index in [2.05, 4.69) is 4.90 Å². The van der Waals surface area contributed by atoms with Crippen LogP contribution in [0.4, 0.5) is 10.1 Å². The minimum absolute atomic E-state index is 0.189. The van der Waals surface area contributed by atoms with E-state index in [1.165, 1.54) is 38.2 Å². The van der Waals surface area contributed by atoms with Crippen molar-refractivity contribution in [3.63, 3.8) is 0 Å². The molecule has 2 nitrogen and oxygen atoms in total. The normalized spacial score (nSPS) is 28.3. The van der Waals surface area contributed by atoms with Gasteiger partial charge in [0, 0.05) is 12.6 Å². The van der Waals surface area contributed by atoms with Crippen molar-refractivity contribution < 1.29 is 9.50 Å². The monoisotopic (exact) mass is 263 g/mol. The van der Waals surface area contributed by atoms with Gasteiger partial charge in [-0.25, -0.2) is 4.39 Å². The molecule has 1 aliphatic heterocycles. The Balaban J connectivity index is 1.88. The fourth-order valence-corrected chi connectivity index (χ4v) is 3.77. The Morgan fingerprint density at radius 3 is 2.79 bits per heavy atom. The van der Waals surface area contributed by atoms with E-state index in [4.69, 9.17) is 0 Å². The fraction of sp³-hybridized carbons (Fsp3) is 0.625. The highest BCUT2D eigenvalue weighted by molar-refractivity contribution is 5.51. The van der Waals surface area contributed by atoms with E-state index < -0.39 is 6.10 Å². The van der Waals surface area contributed by atoms with Crippen molar-refractivity contribution in [1.29, 1.82) is 0 Å². The Morgan fingerprint density at radius 1 is 1.26 bits per heavy atom. The maximum Gasteiger partial charge on any atom is 0.146 e. The third-order valence-electron chi connectivity index (χ3n) is 4.76. The third kappa shape index (κ3) is 2.36. The van der Waals surface area contributed by atoms with Crippen LogP contribution in [-0.2, 0) is 0 Å². The molecule has 1 aromatic rings. The molecule has 1 heterocycles.